The maximum Gasteiger partial charge on any atom is 0.417 e. The largest absolute Gasteiger partial charge is 0.489 e. The first-order chi connectivity index (χ1) is 31.2. The molecule has 0 aliphatic carbocycles. The number of nitrogens with zero attached hydrogens (tertiary/aromatic N) is 2. The predicted octanol–water partition coefficient (Wildman–Crippen LogP) is 14.0. The fourth-order valence-electron chi connectivity index (χ4n) is 6.72. The van der Waals surface area contributed by atoms with Crippen molar-refractivity contribution in [3.05, 3.63) is 164 Å². The number of anilines is 2. The Kier molecular flexibility index (Phi) is 15.0. The molecule has 0 aromatic heterocycles. The number of hydrogen-bond donors (Lipinski definition) is 0. The van der Waals surface area contributed by atoms with Gasteiger partial charge in [-0.2, -0.15) is 39.5 Å². The van der Waals surface area contributed by atoms with Crippen LogP contribution in [-0.4, -0.2) is 29.9 Å². The molecule has 356 valence electrons. The summed E-state index contributed by atoms with van der Waals surface area (Å²) in [5.74, 6) is 0.0605. The third-order valence-corrected chi connectivity index (χ3v) is 14.7. The van der Waals surface area contributed by atoms with E-state index in [1.54, 1.807) is 12.1 Å². The quantitative estimate of drug-likeness (QED) is 0.0951. The summed E-state index contributed by atoms with van der Waals surface area (Å²) >= 11 is 18.2. The minimum atomic E-state index is -5.27. The summed E-state index contributed by atoms with van der Waals surface area (Å²) in [6, 6.07) is 21.2. The summed E-state index contributed by atoms with van der Waals surface area (Å²) in [4.78, 5) is -2.02. The second kappa shape index (κ2) is 19.7. The van der Waals surface area contributed by atoms with E-state index in [1.165, 1.54) is 68.4 Å². The molecule has 6 aromatic carbocycles. The van der Waals surface area contributed by atoms with Crippen molar-refractivity contribution < 1.29 is 65.8 Å². The summed E-state index contributed by atoms with van der Waals surface area (Å²) in [6.07, 6.45) is -15.3. The Labute approximate surface area is 394 Å². The molecule has 6 aromatic rings. The SMILES string of the molecule is CCN(c1cccc(OCc2ccc(Cl)cc2Cl)c1)S(=O)(=O)c1cc(-c2cc(C(F)(F)F)cc(S(=O)(=O)N(CC)c3cccc(OCc4cccc(C(F)(F)F)c4Cl)c3)c2)cc(C(F)(F)F)c1. The lowest BCUT2D eigenvalue weighted by Gasteiger charge is -2.25. The van der Waals surface area contributed by atoms with E-state index in [0.29, 0.717) is 45.2 Å². The fraction of sp³-hybridized carbons (Fsp3) is 0.200. The summed E-state index contributed by atoms with van der Waals surface area (Å²) in [5, 5.41) is 0.0238. The molecule has 22 heteroatoms. The lowest BCUT2D eigenvalue weighted by Crippen LogP contribution is -2.31. The molecule has 0 heterocycles. The van der Waals surface area contributed by atoms with Gasteiger partial charge in [-0.15, -0.1) is 0 Å². The Bertz CT molecular complexity index is 3030. The summed E-state index contributed by atoms with van der Waals surface area (Å²) < 4.78 is 198. The molecule has 0 N–H and O–H groups in total. The molecule has 0 radical (unpaired) electrons. The standard InChI is InChI=1S/C45H34Cl3F9N2O6S2/c1-3-58(34-9-6-11-36(23-34)64-25-27-14-15-33(46)22-41(27)47)66(60,61)38-18-29(16-31(20-38)43(49,50)51)30-17-32(44(52,53)54)21-39(19-30)67(62,63)59(4-2)35-10-7-12-37(24-35)65-26-28-8-5-13-40(42(28)48)45(55,56)57/h5-24H,3-4,25-26H2,1-2H3. The zero-order valence-electron chi connectivity index (χ0n) is 34.6. The molecule has 0 aliphatic heterocycles. The van der Waals surface area contributed by atoms with Crippen molar-refractivity contribution in [2.75, 3.05) is 21.7 Å². The topological polar surface area (TPSA) is 93.2 Å². The third-order valence-electron chi connectivity index (χ3n) is 9.95. The molecular formula is C45H34Cl3F9N2O6S2. The van der Waals surface area contributed by atoms with Gasteiger partial charge >= 0.3 is 18.5 Å². The number of rotatable bonds is 15. The van der Waals surface area contributed by atoms with Crippen molar-refractivity contribution in [2.45, 2.75) is 55.4 Å². The van der Waals surface area contributed by atoms with Gasteiger partial charge in [0.15, 0.2) is 0 Å². The molecular weight excluding hydrogens is 1010 g/mol. The van der Waals surface area contributed by atoms with Gasteiger partial charge < -0.3 is 9.47 Å². The summed E-state index contributed by atoms with van der Waals surface area (Å²) in [6.45, 7) is 1.38. The first-order valence-corrected chi connectivity index (χ1v) is 23.5. The maximum atomic E-state index is 14.5. The van der Waals surface area contributed by atoms with Gasteiger partial charge in [-0.25, -0.2) is 16.8 Å². The Morgan fingerprint density at radius 2 is 0.955 bits per heavy atom. The van der Waals surface area contributed by atoms with E-state index in [9.17, 15) is 56.3 Å². The number of hydrogen-bond acceptors (Lipinski definition) is 6. The van der Waals surface area contributed by atoms with E-state index in [0.717, 1.165) is 22.5 Å². The molecule has 0 atom stereocenters. The Hall–Kier alpha value is -5.34. The lowest BCUT2D eigenvalue weighted by molar-refractivity contribution is -0.138. The number of benzene rings is 6. The van der Waals surface area contributed by atoms with Crippen LogP contribution in [0.2, 0.25) is 15.1 Å². The van der Waals surface area contributed by atoms with Crippen molar-refractivity contribution in [1.29, 1.82) is 0 Å². The smallest absolute Gasteiger partial charge is 0.417 e. The van der Waals surface area contributed by atoms with Crippen molar-refractivity contribution in [3.63, 3.8) is 0 Å². The molecule has 0 unspecified atom stereocenters. The minimum absolute atomic E-state index is 0.0535. The van der Waals surface area contributed by atoms with Crippen molar-refractivity contribution in [3.8, 4) is 22.6 Å². The highest BCUT2D eigenvalue weighted by molar-refractivity contribution is 7.93. The van der Waals surface area contributed by atoms with Gasteiger partial charge in [-0.3, -0.25) is 8.61 Å². The second-order valence-corrected chi connectivity index (χ2v) is 19.4. The van der Waals surface area contributed by atoms with Gasteiger partial charge in [0, 0.05) is 46.4 Å². The van der Waals surface area contributed by atoms with E-state index in [2.05, 4.69) is 0 Å². The van der Waals surface area contributed by atoms with Crippen LogP contribution in [0.4, 0.5) is 50.9 Å². The van der Waals surface area contributed by atoms with Crippen LogP contribution in [0.25, 0.3) is 11.1 Å². The average molecular weight is 1040 g/mol. The van der Waals surface area contributed by atoms with Gasteiger partial charge in [0.25, 0.3) is 20.0 Å². The lowest BCUT2D eigenvalue weighted by atomic mass is 10.0. The van der Waals surface area contributed by atoms with Gasteiger partial charge in [0.1, 0.15) is 24.7 Å². The van der Waals surface area contributed by atoms with Crippen LogP contribution in [-0.2, 0) is 51.8 Å². The number of alkyl halides is 9. The zero-order valence-corrected chi connectivity index (χ0v) is 38.5. The molecule has 0 amide bonds. The van der Waals surface area contributed by atoms with Crippen molar-refractivity contribution in [2.24, 2.45) is 0 Å². The van der Waals surface area contributed by atoms with E-state index in [1.807, 2.05) is 0 Å². The first-order valence-electron chi connectivity index (χ1n) is 19.5. The van der Waals surface area contributed by atoms with E-state index in [-0.39, 0.29) is 52.7 Å². The summed E-state index contributed by atoms with van der Waals surface area (Å²) in [7, 11) is -9.99. The van der Waals surface area contributed by atoms with Gasteiger partial charge in [0.2, 0.25) is 0 Å². The van der Waals surface area contributed by atoms with E-state index < -0.39 is 94.4 Å². The second-order valence-electron chi connectivity index (χ2n) is 14.4. The number of halogens is 12. The van der Waals surface area contributed by atoms with E-state index >= 15 is 0 Å². The molecule has 67 heavy (non-hydrogen) atoms. The highest BCUT2D eigenvalue weighted by Crippen LogP contribution is 2.41. The highest BCUT2D eigenvalue weighted by atomic mass is 35.5. The monoisotopic (exact) mass is 1040 g/mol. The van der Waals surface area contributed by atoms with Crippen molar-refractivity contribution in [1.82, 2.24) is 0 Å². The average Bonchev–Trinajstić information content (AvgIpc) is 3.25. The number of sulfonamides is 2. The number of ether oxygens (including phenoxy) is 2. The molecule has 0 saturated heterocycles. The van der Waals surface area contributed by atoms with E-state index in [4.69, 9.17) is 44.3 Å². The molecule has 0 aliphatic rings. The zero-order chi connectivity index (χ0) is 49.3. The van der Waals surface area contributed by atoms with Gasteiger partial charge in [0.05, 0.1) is 42.9 Å². The van der Waals surface area contributed by atoms with Crippen LogP contribution in [0.5, 0.6) is 11.5 Å². The van der Waals surface area contributed by atoms with Crippen molar-refractivity contribution >= 4 is 66.2 Å². The van der Waals surface area contributed by atoms with Crippen LogP contribution in [0, 0.1) is 0 Å². The summed E-state index contributed by atoms with van der Waals surface area (Å²) in [5.41, 5.74) is -5.52. The normalized spacial score (nSPS) is 12.5. The molecule has 0 saturated carbocycles. The Morgan fingerprint density at radius 1 is 0.507 bits per heavy atom. The molecule has 0 fully saturated rings. The van der Waals surface area contributed by atoms with Crippen LogP contribution in [0.3, 0.4) is 0 Å². The Morgan fingerprint density at radius 3 is 1.37 bits per heavy atom. The van der Waals surface area contributed by atoms with Gasteiger partial charge in [-0.05, 0) is 104 Å². The Balaban J connectivity index is 1.38. The molecule has 6 rings (SSSR count). The molecule has 8 nitrogen and oxygen atoms in total. The highest BCUT2D eigenvalue weighted by Gasteiger charge is 2.38. The minimum Gasteiger partial charge on any atom is -0.489 e. The van der Waals surface area contributed by atoms with Crippen LogP contribution in [0.15, 0.2) is 131 Å². The predicted molar refractivity (Wildman–Crippen MR) is 237 cm³/mol. The first kappa shape index (κ1) is 51.1. The fourth-order valence-corrected chi connectivity index (χ4v) is 10.5. The third kappa shape index (κ3) is 11.7. The molecule has 0 bridgehead atoms. The van der Waals surface area contributed by atoms with Crippen LogP contribution < -0.4 is 18.1 Å². The maximum absolute atomic E-state index is 14.5. The van der Waals surface area contributed by atoms with Gasteiger partial charge in [-0.1, -0.05) is 65.1 Å². The van der Waals surface area contributed by atoms with Crippen LogP contribution in [0.1, 0.15) is 41.7 Å². The van der Waals surface area contributed by atoms with Crippen LogP contribution >= 0.6 is 34.8 Å². The molecule has 0 spiro atoms.